The van der Waals surface area contributed by atoms with E-state index in [1.807, 2.05) is 6.07 Å². The zero-order chi connectivity index (χ0) is 17.2. The molecule has 122 valence electrons. The van der Waals surface area contributed by atoms with Crippen LogP contribution in [0.1, 0.15) is 10.4 Å². The van der Waals surface area contributed by atoms with E-state index in [1.54, 1.807) is 59.7 Å². The zero-order valence-corrected chi connectivity index (χ0v) is 12.9. The summed E-state index contributed by atoms with van der Waals surface area (Å²) in [7, 11) is 0. The second kappa shape index (κ2) is 6.00. The number of hydrogen-bond acceptors (Lipinski definition) is 5. The van der Waals surface area contributed by atoms with Crippen LogP contribution in [0.4, 0.5) is 5.82 Å². The van der Waals surface area contributed by atoms with Crippen molar-refractivity contribution in [3.63, 3.8) is 0 Å². The van der Waals surface area contributed by atoms with Crippen molar-refractivity contribution >= 4 is 17.4 Å². The Bertz CT molecular complexity index is 1100. The Morgan fingerprint density at radius 2 is 1.76 bits per heavy atom. The fourth-order valence-corrected chi connectivity index (χ4v) is 2.43. The Hall–Kier alpha value is -3.81. The molecule has 0 aromatic carbocycles. The molecule has 4 aromatic rings. The number of nitrogens with zero attached hydrogens (tertiary/aromatic N) is 5. The molecular formula is C17H12N6O2. The van der Waals surface area contributed by atoms with Crippen molar-refractivity contribution in [2.24, 2.45) is 0 Å². The highest BCUT2D eigenvalue weighted by Crippen LogP contribution is 2.08. The summed E-state index contributed by atoms with van der Waals surface area (Å²) in [6.45, 7) is 0. The summed E-state index contributed by atoms with van der Waals surface area (Å²) in [5.41, 5.74) is -0.154. The number of nitrogens with one attached hydrogen (secondary N) is 1. The first-order valence-corrected chi connectivity index (χ1v) is 7.47. The molecule has 0 saturated heterocycles. The van der Waals surface area contributed by atoms with E-state index in [1.165, 1.54) is 10.7 Å². The molecule has 1 N–H and O–H groups in total. The second-order valence-electron chi connectivity index (χ2n) is 5.16. The van der Waals surface area contributed by atoms with E-state index < -0.39 is 11.5 Å². The summed E-state index contributed by atoms with van der Waals surface area (Å²) in [5, 5.41) is 2.59. The van der Waals surface area contributed by atoms with Crippen molar-refractivity contribution in [3.05, 3.63) is 83.2 Å². The topological polar surface area (TPSA) is 94.2 Å². The van der Waals surface area contributed by atoms with Gasteiger partial charge >= 0.3 is 0 Å². The minimum Gasteiger partial charge on any atom is -0.306 e. The minimum atomic E-state index is -0.570. The van der Waals surface area contributed by atoms with E-state index in [2.05, 4.69) is 20.3 Å². The molecule has 0 unspecified atom stereocenters. The predicted octanol–water partition coefficient (Wildman–Crippen LogP) is 1.53. The molecule has 4 heterocycles. The van der Waals surface area contributed by atoms with Gasteiger partial charge in [-0.05, 0) is 24.3 Å². The summed E-state index contributed by atoms with van der Waals surface area (Å²) in [4.78, 5) is 37.6. The SMILES string of the molecule is O=C(Nc1ccccn1)c1cnc2ccn(-c3ccccn3)n2c1=O. The molecule has 1 amide bonds. The van der Waals surface area contributed by atoms with Crippen molar-refractivity contribution in [1.29, 1.82) is 0 Å². The normalized spacial score (nSPS) is 10.7. The summed E-state index contributed by atoms with van der Waals surface area (Å²) in [6.07, 6.45) is 6.11. The lowest BCUT2D eigenvalue weighted by atomic mass is 10.3. The Morgan fingerprint density at radius 1 is 0.960 bits per heavy atom. The van der Waals surface area contributed by atoms with E-state index in [0.717, 1.165) is 0 Å². The molecular weight excluding hydrogens is 320 g/mol. The predicted molar refractivity (Wildman–Crippen MR) is 90.8 cm³/mol. The summed E-state index contributed by atoms with van der Waals surface area (Å²) < 4.78 is 2.85. The largest absolute Gasteiger partial charge is 0.306 e. The third-order valence-corrected chi connectivity index (χ3v) is 3.58. The van der Waals surface area contributed by atoms with Crippen molar-refractivity contribution in [2.45, 2.75) is 0 Å². The minimum absolute atomic E-state index is 0.0842. The number of aromatic nitrogens is 5. The van der Waals surface area contributed by atoms with Gasteiger partial charge in [0.25, 0.3) is 11.5 Å². The number of anilines is 1. The molecule has 0 fully saturated rings. The first kappa shape index (κ1) is 14.8. The molecule has 0 spiro atoms. The fraction of sp³-hybridized carbons (Fsp3) is 0. The van der Waals surface area contributed by atoms with Gasteiger partial charge in [0.2, 0.25) is 0 Å². The van der Waals surface area contributed by atoms with Crippen LogP contribution in [0.5, 0.6) is 0 Å². The molecule has 0 saturated carbocycles. The maximum Gasteiger partial charge on any atom is 0.286 e. The van der Waals surface area contributed by atoms with Gasteiger partial charge in [-0.3, -0.25) is 9.59 Å². The van der Waals surface area contributed by atoms with E-state index in [0.29, 0.717) is 17.3 Å². The quantitative estimate of drug-likeness (QED) is 0.614. The number of rotatable bonds is 3. The average molecular weight is 332 g/mol. The highest BCUT2D eigenvalue weighted by atomic mass is 16.2. The molecule has 0 aliphatic carbocycles. The van der Waals surface area contributed by atoms with Crippen LogP contribution in [-0.4, -0.2) is 30.1 Å². The lowest BCUT2D eigenvalue weighted by molar-refractivity contribution is 0.102. The highest BCUT2D eigenvalue weighted by molar-refractivity contribution is 6.03. The van der Waals surface area contributed by atoms with Gasteiger partial charge in [0, 0.05) is 30.9 Å². The maximum absolute atomic E-state index is 12.8. The van der Waals surface area contributed by atoms with Crippen LogP contribution in [0.25, 0.3) is 11.5 Å². The van der Waals surface area contributed by atoms with Gasteiger partial charge < -0.3 is 5.32 Å². The highest BCUT2D eigenvalue weighted by Gasteiger charge is 2.16. The second-order valence-corrected chi connectivity index (χ2v) is 5.16. The van der Waals surface area contributed by atoms with Crippen molar-refractivity contribution in [1.82, 2.24) is 24.1 Å². The molecule has 25 heavy (non-hydrogen) atoms. The standard InChI is InChI=1S/C17H12N6O2/c24-16(21-13-5-1-3-8-18-13)12-11-20-15-7-10-22(23(15)17(12)25)14-6-2-4-9-19-14/h1-11H,(H,18,21,24). The lowest BCUT2D eigenvalue weighted by Crippen LogP contribution is -2.29. The number of hydrogen-bond donors (Lipinski definition) is 1. The van der Waals surface area contributed by atoms with Crippen LogP contribution < -0.4 is 10.9 Å². The van der Waals surface area contributed by atoms with Crippen LogP contribution >= 0.6 is 0 Å². The molecule has 0 aliphatic heterocycles. The third kappa shape index (κ3) is 2.65. The third-order valence-electron chi connectivity index (χ3n) is 3.58. The smallest absolute Gasteiger partial charge is 0.286 e. The van der Waals surface area contributed by atoms with Gasteiger partial charge in [0.1, 0.15) is 11.4 Å². The summed E-state index contributed by atoms with van der Waals surface area (Å²) >= 11 is 0. The average Bonchev–Trinajstić information content (AvgIpc) is 3.08. The van der Waals surface area contributed by atoms with E-state index in [-0.39, 0.29) is 5.56 Å². The molecule has 0 aliphatic rings. The number of fused-ring (bicyclic) bond motifs is 1. The number of pyridine rings is 2. The van der Waals surface area contributed by atoms with Crippen LogP contribution in [0.15, 0.2) is 72.0 Å². The monoisotopic (exact) mass is 332 g/mol. The van der Waals surface area contributed by atoms with Gasteiger partial charge in [0.15, 0.2) is 11.5 Å². The fourth-order valence-electron chi connectivity index (χ4n) is 2.43. The van der Waals surface area contributed by atoms with Gasteiger partial charge in [-0.2, -0.15) is 4.52 Å². The van der Waals surface area contributed by atoms with Gasteiger partial charge in [0.05, 0.1) is 0 Å². The number of carbonyl (C=O) groups excluding carboxylic acids is 1. The first-order chi connectivity index (χ1) is 12.2. The Balaban J connectivity index is 1.80. The maximum atomic E-state index is 12.8. The number of carbonyl (C=O) groups is 1. The van der Waals surface area contributed by atoms with Crippen molar-refractivity contribution in [2.75, 3.05) is 5.32 Å². The van der Waals surface area contributed by atoms with Crippen molar-refractivity contribution < 1.29 is 4.79 Å². The van der Waals surface area contributed by atoms with Gasteiger partial charge in [-0.1, -0.05) is 12.1 Å². The lowest BCUT2D eigenvalue weighted by Gasteiger charge is -2.07. The first-order valence-electron chi connectivity index (χ1n) is 7.47. The van der Waals surface area contributed by atoms with Crippen LogP contribution in [0.2, 0.25) is 0 Å². The van der Waals surface area contributed by atoms with E-state index >= 15 is 0 Å². The van der Waals surface area contributed by atoms with Gasteiger partial charge in [-0.25, -0.2) is 19.6 Å². The molecule has 8 heteroatoms. The molecule has 0 atom stereocenters. The van der Waals surface area contributed by atoms with E-state index in [4.69, 9.17) is 0 Å². The van der Waals surface area contributed by atoms with Crippen molar-refractivity contribution in [3.8, 4) is 5.82 Å². The van der Waals surface area contributed by atoms with Gasteiger partial charge in [-0.15, -0.1) is 0 Å². The Kier molecular flexibility index (Phi) is 3.55. The Labute approximate surface area is 141 Å². The zero-order valence-electron chi connectivity index (χ0n) is 12.9. The van der Waals surface area contributed by atoms with E-state index in [9.17, 15) is 9.59 Å². The van der Waals surface area contributed by atoms with Crippen LogP contribution in [0, 0.1) is 0 Å². The molecule has 4 aromatic heterocycles. The molecule has 8 nitrogen and oxygen atoms in total. The summed E-state index contributed by atoms with van der Waals surface area (Å²) in [5.74, 6) is 0.333. The number of amides is 1. The van der Waals surface area contributed by atoms with Crippen LogP contribution in [0.3, 0.4) is 0 Å². The van der Waals surface area contributed by atoms with Crippen LogP contribution in [-0.2, 0) is 0 Å². The summed E-state index contributed by atoms with van der Waals surface area (Å²) in [6, 6.07) is 12.1. The molecule has 4 rings (SSSR count). The Morgan fingerprint density at radius 3 is 2.48 bits per heavy atom. The molecule has 0 bridgehead atoms. The molecule has 0 radical (unpaired) electrons.